The molecule has 0 radical (unpaired) electrons. The van der Waals surface area contributed by atoms with Gasteiger partial charge in [0.25, 0.3) is 0 Å². The van der Waals surface area contributed by atoms with Crippen molar-refractivity contribution < 1.29 is 5.11 Å². The molecule has 1 saturated heterocycles. The number of aliphatic hydroxyl groups excluding tert-OH is 1. The SMILES string of the molecule is NC1CC(CN2CCC(O)CC2)C1. The summed E-state index contributed by atoms with van der Waals surface area (Å²) in [4.78, 5) is 2.48. The second kappa shape index (κ2) is 3.95. The number of aliphatic hydroxyl groups is 1. The Kier molecular flexibility index (Phi) is 2.86. The minimum absolute atomic E-state index is 0.0418. The first-order chi connectivity index (χ1) is 6.24. The smallest absolute Gasteiger partial charge is 0.0564 e. The number of piperidine rings is 1. The fourth-order valence-electron chi connectivity index (χ4n) is 2.40. The van der Waals surface area contributed by atoms with Crippen LogP contribution in [-0.4, -0.2) is 41.8 Å². The molecule has 3 heteroatoms. The van der Waals surface area contributed by atoms with Crippen LogP contribution < -0.4 is 5.73 Å². The third-order valence-electron chi connectivity index (χ3n) is 3.35. The van der Waals surface area contributed by atoms with Gasteiger partial charge in [-0.1, -0.05) is 0 Å². The van der Waals surface area contributed by atoms with E-state index in [2.05, 4.69) is 4.90 Å². The van der Waals surface area contributed by atoms with Crippen molar-refractivity contribution in [2.75, 3.05) is 19.6 Å². The van der Waals surface area contributed by atoms with Crippen LogP contribution in [0.1, 0.15) is 25.7 Å². The van der Waals surface area contributed by atoms with Crippen LogP contribution in [0.15, 0.2) is 0 Å². The Labute approximate surface area is 79.9 Å². The molecule has 0 atom stereocenters. The summed E-state index contributed by atoms with van der Waals surface area (Å²) in [6.45, 7) is 3.36. The van der Waals surface area contributed by atoms with Gasteiger partial charge in [-0.15, -0.1) is 0 Å². The third kappa shape index (κ3) is 2.42. The fourth-order valence-corrected chi connectivity index (χ4v) is 2.40. The van der Waals surface area contributed by atoms with Crippen molar-refractivity contribution >= 4 is 0 Å². The molecule has 0 aromatic carbocycles. The van der Waals surface area contributed by atoms with Crippen molar-refractivity contribution in [3.05, 3.63) is 0 Å². The number of nitrogens with two attached hydrogens (primary N) is 1. The summed E-state index contributed by atoms with van der Waals surface area (Å²) in [5, 5.41) is 9.33. The summed E-state index contributed by atoms with van der Waals surface area (Å²) in [5.41, 5.74) is 5.74. The molecule has 76 valence electrons. The molecule has 0 amide bonds. The highest BCUT2D eigenvalue weighted by atomic mass is 16.3. The average Bonchev–Trinajstić information content (AvgIpc) is 2.06. The second-order valence-electron chi connectivity index (χ2n) is 4.63. The summed E-state index contributed by atoms with van der Waals surface area (Å²) in [7, 11) is 0. The Morgan fingerprint density at radius 3 is 2.38 bits per heavy atom. The maximum Gasteiger partial charge on any atom is 0.0564 e. The standard InChI is InChI=1S/C10H20N2O/c11-9-5-8(6-9)7-12-3-1-10(13)2-4-12/h8-10,13H,1-7,11H2. The van der Waals surface area contributed by atoms with Gasteiger partial charge in [-0.25, -0.2) is 0 Å². The quantitative estimate of drug-likeness (QED) is 0.643. The summed E-state index contributed by atoms with van der Waals surface area (Å²) >= 11 is 0. The highest BCUT2D eigenvalue weighted by Gasteiger charge is 2.28. The zero-order valence-corrected chi connectivity index (χ0v) is 8.15. The van der Waals surface area contributed by atoms with Gasteiger partial charge >= 0.3 is 0 Å². The molecule has 1 aliphatic carbocycles. The predicted molar refractivity (Wildman–Crippen MR) is 52.4 cm³/mol. The maximum atomic E-state index is 9.33. The van der Waals surface area contributed by atoms with Gasteiger partial charge < -0.3 is 15.7 Å². The zero-order valence-electron chi connectivity index (χ0n) is 8.15. The Hall–Kier alpha value is -0.120. The van der Waals surface area contributed by atoms with E-state index >= 15 is 0 Å². The number of rotatable bonds is 2. The number of likely N-dealkylation sites (tertiary alicyclic amines) is 1. The average molecular weight is 184 g/mol. The normalized spacial score (nSPS) is 37.4. The molecule has 1 heterocycles. The lowest BCUT2D eigenvalue weighted by atomic mass is 9.80. The van der Waals surface area contributed by atoms with Gasteiger partial charge in [0, 0.05) is 25.7 Å². The van der Waals surface area contributed by atoms with Crippen LogP contribution in [-0.2, 0) is 0 Å². The molecule has 2 rings (SSSR count). The van der Waals surface area contributed by atoms with Gasteiger partial charge in [-0.3, -0.25) is 0 Å². The molecule has 3 N–H and O–H groups in total. The van der Waals surface area contributed by atoms with E-state index in [-0.39, 0.29) is 6.10 Å². The number of nitrogens with zero attached hydrogens (tertiary/aromatic N) is 1. The Morgan fingerprint density at radius 2 is 1.85 bits per heavy atom. The van der Waals surface area contributed by atoms with Crippen molar-refractivity contribution in [3.8, 4) is 0 Å². The van der Waals surface area contributed by atoms with Crippen LogP contribution in [0.3, 0.4) is 0 Å². The first-order valence-corrected chi connectivity index (χ1v) is 5.40. The first kappa shape index (κ1) is 9.44. The lowest BCUT2D eigenvalue weighted by Gasteiger charge is -2.38. The summed E-state index contributed by atoms with van der Waals surface area (Å²) in [5.74, 6) is 0.838. The predicted octanol–water partition coefficient (Wildman–Crippen LogP) is 0.180. The van der Waals surface area contributed by atoms with E-state index in [1.807, 2.05) is 0 Å². The molecular formula is C10H20N2O. The van der Waals surface area contributed by atoms with Crippen LogP contribution in [0.5, 0.6) is 0 Å². The summed E-state index contributed by atoms with van der Waals surface area (Å²) in [6, 6.07) is 0.473. The van der Waals surface area contributed by atoms with Crippen LogP contribution in [0.2, 0.25) is 0 Å². The third-order valence-corrected chi connectivity index (χ3v) is 3.35. The van der Waals surface area contributed by atoms with Gasteiger partial charge in [0.15, 0.2) is 0 Å². The Balaban J connectivity index is 1.65. The van der Waals surface area contributed by atoms with Gasteiger partial charge in [0.1, 0.15) is 0 Å². The maximum absolute atomic E-state index is 9.33. The van der Waals surface area contributed by atoms with Gasteiger partial charge in [-0.05, 0) is 31.6 Å². The lowest BCUT2D eigenvalue weighted by Crippen LogP contribution is -2.45. The van der Waals surface area contributed by atoms with E-state index in [4.69, 9.17) is 5.73 Å². The molecule has 0 aromatic heterocycles. The van der Waals surface area contributed by atoms with E-state index in [1.54, 1.807) is 0 Å². The van der Waals surface area contributed by atoms with Crippen molar-refractivity contribution in [3.63, 3.8) is 0 Å². The van der Waals surface area contributed by atoms with E-state index < -0.39 is 0 Å². The fraction of sp³-hybridized carbons (Fsp3) is 1.00. The molecule has 0 bridgehead atoms. The molecule has 0 aromatic rings. The molecular weight excluding hydrogens is 164 g/mol. The lowest BCUT2D eigenvalue weighted by molar-refractivity contribution is 0.0631. The molecule has 13 heavy (non-hydrogen) atoms. The van der Waals surface area contributed by atoms with E-state index in [1.165, 1.54) is 19.4 Å². The second-order valence-corrected chi connectivity index (χ2v) is 4.63. The number of hydrogen-bond donors (Lipinski definition) is 2. The van der Waals surface area contributed by atoms with Crippen LogP contribution in [0.25, 0.3) is 0 Å². The van der Waals surface area contributed by atoms with E-state index in [9.17, 15) is 5.11 Å². The summed E-state index contributed by atoms with van der Waals surface area (Å²) < 4.78 is 0. The molecule has 2 aliphatic rings. The molecule has 2 fully saturated rings. The zero-order chi connectivity index (χ0) is 9.26. The minimum atomic E-state index is -0.0418. The molecule has 3 nitrogen and oxygen atoms in total. The van der Waals surface area contributed by atoms with E-state index in [0.29, 0.717) is 6.04 Å². The van der Waals surface area contributed by atoms with Gasteiger partial charge in [0.2, 0.25) is 0 Å². The molecule has 1 aliphatic heterocycles. The monoisotopic (exact) mass is 184 g/mol. The van der Waals surface area contributed by atoms with Crippen molar-refractivity contribution in [2.45, 2.75) is 37.8 Å². The summed E-state index contributed by atoms with van der Waals surface area (Å²) in [6.07, 6.45) is 4.29. The van der Waals surface area contributed by atoms with Gasteiger partial charge in [-0.2, -0.15) is 0 Å². The van der Waals surface area contributed by atoms with Crippen LogP contribution >= 0.6 is 0 Å². The van der Waals surface area contributed by atoms with E-state index in [0.717, 1.165) is 31.8 Å². The van der Waals surface area contributed by atoms with Crippen LogP contribution in [0.4, 0.5) is 0 Å². The molecule has 1 saturated carbocycles. The minimum Gasteiger partial charge on any atom is -0.393 e. The molecule has 0 unspecified atom stereocenters. The van der Waals surface area contributed by atoms with Crippen molar-refractivity contribution in [1.29, 1.82) is 0 Å². The van der Waals surface area contributed by atoms with Gasteiger partial charge in [0.05, 0.1) is 6.10 Å². The Bertz CT molecular complexity index is 160. The van der Waals surface area contributed by atoms with Crippen molar-refractivity contribution in [1.82, 2.24) is 4.90 Å². The first-order valence-electron chi connectivity index (χ1n) is 5.40. The van der Waals surface area contributed by atoms with Crippen LogP contribution in [0, 0.1) is 5.92 Å². The Morgan fingerprint density at radius 1 is 1.23 bits per heavy atom. The molecule has 0 spiro atoms. The highest BCUT2D eigenvalue weighted by molar-refractivity contribution is 4.85. The van der Waals surface area contributed by atoms with Crippen molar-refractivity contribution in [2.24, 2.45) is 11.7 Å². The topological polar surface area (TPSA) is 49.5 Å². The highest BCUT2D eigenvalue weighted by Crippen LogP contribution is 2.27. The number of hydrogen-bond acceptors (Lipinski definition) is 3. The largest absolute Gasteiger partial charge is 0.393 e.